The Labute approximate surface area is 125 Å². The van der Waals surface area contributed by atoms with E-state index in [1.54, 1.807) is 4.31 Å². The summed E-state index contributed by atoms with van der Waals surface area (Å²) in [6.07, 6.45) is 3.22. The molecule has 20 heavy (non-hydrogen) atoms. The Hall–Kier alpha value is -0.690. The second-order valence-corrected chi connectivity index (χ2v) is 7.75. The standard InChI is InChI=1S/C13H20ClN3O2S/c1-16(2)10-11-4-7-17(8-5-11)20(18,19)12-3-6-15-13(14)9-12/h3,6,9,11H,4-5,7-8,10H2,1-2H3. The Morgan fingerprint density at radius 1 is 1.40 bits per heavy atom. The molecule has 5 nitrogen and oxygen atoms in total. The first-order valence-corrected chi connectivity index (χ1v) is 8.48. The third-order valence-electron chi connectivity index (χ3n) is 3.53. The number of aromatic nitrogens is 1. The third-order valence-corrected chi connectivity index (χ3v) is 5.63. The van der Waals surface area contributed by atoms with Crippen LogP contribution in [-0.4, -0.2) is 56.3 Å². The quantitative estimate of drug-likeness (QED) is 0.793. The van der Waals surface area contributed by atoms with Crippen molar-refractivity contribution in [1.29, 1.82) is 0 Å². The van der Waals surface area contributed by atoms with Crippen molar-refractivity contribution in [2.24, 2.45) is 5.92 Å². The highest BCUT2D eigenvalue weighted by atomic mass is 35.5. The van der Waals surface area contributed by atoms with E-state index in [1.807, 2.05) is 14.1 Å². The van der Waals surface area contributed by atoms with Crippen LogP contribution in [0.25, 0.3) is 0 Å². The minimum absolute atomic E-state index is 0.202. The van der Waals surface area contributed by atoms with Crippen LogP contribution in [0, 0.1) is 5.92 Å². The number of nitrogens with zero attached hydrogens (tertiary/aromatic N) is 3. The highest BCUT2D eigenvalue weighted by molar-refractivity contribution is 7.89. The van der Waals surface area contributed by atoms with E-state index >= 15 is 0 Å². The first-order chi connectivity index (χ1) is 9.39. The molecule has 1 aromatic heterocycles. The Morgan fingerprint density at radius 2 is 2.05 bits per heavy atom. The molecule has 1 aliphatic rings. The molecule has 0 spiro atoms. The Kier molecular flexibility index (Phi) is 5.01. The summed E-state index contributed by atoms with van der Waals surface area (Å²) >= 11 is 5.77. The predicted molar refractivity (Wildman–Crippen MR) is 79.3 cm³/mol. The second-order valence-electron chi connectivity index (χ2n) is 5.42. The van der Waals surface area contributed by atoms with E-state index in [1.165, 1.54) is 18.3 Å². The minimum Gasteiger partial charge on any atom is -0.309 e. The topological polar surface area (TPSA) is 53.5 Å². The summed E-state index contributed by atoms with van der Waals surface area (Å²) in [5.41, 5.74) is 0. The number of rotatable bonds is 4. The summed E-state index contributed by atoms with van der Waals surface area (Å²) in [5.74, 6) is 0.567. The normalized spacial score (nSPS) is 18.6. The van der Waals surface area contributed by atoms with E-state index in [9.17, 15) is 8.42 Å². The third kappa shape index (κ3) is 3.69. The zero-order chi connectivity index (χ0) is 14.8. The van der Waals surface area contributed by atoms with Crippen LogP contribution in [0.4, 0.5) is 0 Å². The molecule has 1 aliphatic heterocycles. The number of piperidine rings is 1. The fourth-order valence-corrected chi connectivity index (χ4v) is 4.26. The molecule has 2 rings (SSSR count). The molecule has 0 amide bonds. The van der Waals surface area contributed by atoms with Crippen LogP contribution in [0.1, 0.15) is 12.8 Å². The van der Waals surface area contributed by atoms with E-state index in [0.29, 0.717) is 19.0 Å². The van der Waals surface area contributed by atoms with Gasteiger partial charge in [0.05, 0.1) is 4.90 Å². The zero-order valence-corrected chi connectivity index (χ0v) is 13.4. The molecule has 0 N–H and O–H groups in total. The predicted octanol–water partition coefficient (Wildman–Crippen LogP) is 1.70. The maximum absolute atomic E-state index is 12.5. The maximum atomic E-state index is 12.5. The molecule has 1 fully saturated rings. The SMILES string of the molecule is CN(C)CC1CCN(S(=O)(=O)c2ccnc(Cl)c2)CC1. The molecule has 1 saturated heterocycles. The van der Waals surface area contributed by atoms with Gasteiger partial charge in [-0.3, -0.25) is 0 Å². The minimum atomic E-state index is -3.44. The summed E-state index contributed by atoms with van der Waals surface area (Å²) in [6.45, 7) is 2.15. The molecule has 0 bridgehead atoms. The van der Waals surface area contributed by atoms with E-state index in [2.05, 4.69) is 9.88 Å². The Bertz CT molecular complexity index is 554. The van der Waals surface area contributed by atoms with Crippen LogP contribution in [0.3, 0.4) is 0 Å². The molecule has 0 atom stereocenters. The van der Waals surface area contributed by atoms with Crippen molar-refractivity contribution in [3.05, 3.63) is 23.5 Å². The number of pyridine rings is 1. The van der Waals surface area contributed by atoms with Crippen LogP contribution < -0.4 is 0 Å². The highest BCUT2D eigenvalue weighted by Crippen LogP contribution is 2.24. The van der Waals surface area contributed by atoms with Gasteiger partial charge in [-0.15, -0.1) is 0 Å². The average Bonchev–Trinajstić information content (AvgIpc) is 2.38. The molecule has 0 unspecified atom stereocenters. The fraction of sp³-hybridized carbons (Fsp3) is 0.615. The Balaban J connectivity index is 2.06. The summed E-state index contributed by atoms with van der Waals surface area (Å²) in [5, 5.41) is 0.202. The fourth-order valence-electron chi connectivity index (χ4n) is 2.54. The molecule has 0 saturated carbocycles. The smallest absolute Gasteiger partial charge is 0.243 e. The molecule has 0 aromatic carbocycles. The number of halogens is 1. The molecule has 2 heterocycles. The monoisotopic (exact) mass is 317 g/mol. The maximum Gasteiger partial charge on any atom is 0.243 e. The lowest BCUT2D eigenvalue weighted by Crippen LogP contribution is -2.40. The number of hydrogen-bond donors (Lipinski definition) is 0. The van der Waals surface area contributed by atoms with E-state index in [0.717, 1.165) is 19.4 Å². The molecular formula is C13H20ClN3O2S. The van der Waals surface area contributed by atoms with Crippen molar-refractivity contribution in [3.8, 4) is 0 Å². The van der Waals surface area contributed by atoms with Gasteiger partial charge in [-0.05, 0) is 45.0 Å². The summed E-state index contributed by atoms with van der Waals surface area (Å²) in [4.78, 5) is 6.20. The van der Waals surface area contributed by atoms with Crippen LogP contribution in [0.2, 0.25) is 5.15 Å². The molecule has 0 radical (unpaired) electrons. The zero-order valence-electron chi connectivity index (χ0n) is 11.8. The van der Waals surface area contributed by atoms with E-state index in [4.69, 9.17) is 11.6 Å². The van der Waals surface area contributed by atoms with Crippen molar-refractivity contribution in [3.63, 3.8) is 0 Å². The molecule has 7 heteroatoms. The van der Waals surface area contributed by atoms with Crippen molar-refractivity contribution in [2.75, 3.05) is 33.7 Å². The van der Waals surface area contributed by atoms with Crippen LogP contribution in [-0.2, 0) is 10.0 Å². The lowest BCUT2D eigenvalue weighted by Gasteiger charge is -2.32. The summed E-state index contributed by atoms with van der Waals surface area (Å²) in [6, 6.07) is 2.90. The lowest BCUT2D eigenvalue weighted by atomic mass is 9.98. The van der Waals surface area contributed by atoms with Gasteiger partial charge in [0.15, 0.2) is 0 Å². The van der Waals surface area contributed by atoms with Gasteiger partial charge in [0.2, 0.25) is 10.0 Å². The first kappa shape index (κ1) is 15.7. The summed E-state index contributed by atoms with van der Waals surface area (Å²) in [7, 11) is 0.646. The molecule has 0 aliphatic carbocycles. The molecule has 112 valence electrons. The van der Waals surface area contributed by atoms with Crippen LogP contribution in [0.15, 0.2) is 23.2 Å². The van der Waals surface area contributed by atoms with Gasteiger partial charge >= 0.3 is 0 Å². The largest absolute Gasteiger partial charge is 0.309 e. The average molecular weight is 318 g/mol. The van der Waals surface area contributed by atoms with Crippen molar-refractivity contribution in [2.45, 2.75) is 17.7 Å². The second kappa shape index (κ2) is 6.39. The van der Waals surface area contributed by atoms with E-state index in [-0.39, 0.29) is 10.0 Å². The van der Waals surface area contributed by atoms with Gasteiger partial charge in [0.25, 0.3) is 0 Å². The number of hydrogen-bond acceptors (Lipinski definition) is 4. The van der Waals surface area contributed by atoms with Gasteiger partial charge in [-0.2, -0.15) is 4.31 Å². The highest BCUT2D eigenvalue weighted by Gasteiger charge is 2.29. The molecule has 1 aromatic rings. The first-order valence-electron chi connectivity index (χ1n) is 6.66. The van der Waals surface area contributed by atoms with Gasteiger partial charge < -0.3 is 4.90 Å². The van der Waals surface area contributed by atoms with Gasteiger partial charge in [-0.1, -0.05) is 11.6 Å². The van der Waals surface area contributed by atoms with E-state index < -0.39 is 10.0 Å². The molecular weight excluding hydrogens is 298 g/mol. The van der Waals surface area contributed by atoms with Crippen LogP contribution >= 0.6 is 11.6 Å². The van der Waals surface area contributed by atoms with Gasteiger partial charge in [0, 0.05) is 25.8 Å². The lowest BCUT2D eigenvalue weighted by molar-refractivity contribution is 0.225. The van der Waals surface area contributed by atoms with Crippen LogP contribution in [0.5, 0.6) is 0 Å². The Morgan fingerprint density at radius 3 is 2.60 bits per heavy atom. The van der Waals surface area contributed by atoms with Gasteiger partial charge in [-0.25, -0.2) is 13.4 Å². The van der Waals surface area contributed by atoms with Gasteiger partial charge in [0.1, 0.15) is 5.15 Å². The van der Waals surface area contributed by atoms with Crippen molar-refractivity contribution < 1.29 is 8.42 Å². The van der Waals surface area contributed by atoms with Crippen molar-refractivity contribution >= 4 is 21.6 Å². The number of sulfonamides is 1. The summed E-state index contributed by atoms with van der Waals surface area (Å²) < 4.78 is 26.5. The van der Waals surface area contributed by atoms with Crippen molar-refractivity contribution in [1.82, 2.24) is 14.2 Å².